The zero-order valence-electron chi connectivity index (χ0n) is 15.0. The van der Waals surface area contributed by atoms with E-state index in [4.69, 9.17) is 0 Å². The lowest BCUT2D eigenvalue weighted by atomic mass is 10.1. The standard InChI is InChI=1S/C20H24N4O2/c1-23(15-18(25)22-16-9-4-2-5-10-16)20(26)17-11-8-12-21-19(17)24-13-6-3-7-14-24/h2,4-5,8-12H,3,6-7,13-15H2,1H3,(H,22,25). The third-order valence-electron chi connectivity index (χ3n) is 4.46. The molecule has 6 heteroatoms. The van der Waals surface area contributed by atoms with Crippen molar-refractivity contribution in [3.05, 3.63) is 54.2 Å². The molecule has 3 rings (SSSR count). The van der Waals surface area contributed by atoms with E-state index in [0.717, 1.165) is 25.9 Å². The number of carbonyl (C=O) groups is 2. The monoisotopic (exact) mass is 352 g/mol. The molecule has 1 aliphatic rings. The second kappa shape index (κ2) is 8.47. The van der Waals surface area contributed by atoms with Gasteiger partial charge in [-0.3, -0.25) is 9.59 Å². The van der Waals surface area contributed by atoms with Crippen molar-refractivity contribution in [3.63, 3.8) is 0 Å². The van der Waals surface area contributed by atoms with Gasteiger partial charge < -0.3 is 15.1 Å². The van der Waals surface area contributed by atoms with Gasteiger partial charge in [0.2, 0.25) is 5.91 Å². The number of hydrogen-bond donors (Lipinski definition) is 1. The van der Waals surface area contributed by atoms with Gasteiger partial charge in [-0.2, -0.15) is 0 Å². The Bertz CT molecular complexity index is 757. The molecular weight excluding hydrogens is 328 g/mol. The van der Waals surface area contributed by atoms with Gasteiger partial charge in [0.25, 0.3) is 5.91 Å². The first kappa shape index (κ1) is 17.9. The normalized spacial score (nSPS) is 14.0. The van der Waals surface area contributed by atoms with E-state index in [2.05, 4.69) is 15.2 Å². The van der Waals surface area contributed by atoms with Crippen LogP contribution in [0.5, 0.6) is 0 Å². The van der Waals surface area contributed by atoms with E-state index in [1.54, 1.807) is 25.4 Å². The summed E-state index contributed by atoms with van der Waals surface area (Å²) in [5.41, 5.74) is 1.26. The van der Waals surface area contributed by atoms with Crippen molar-refractivity contribution < 1.29 is 9.59 Å². The smallest absolute Gasteiger partial charge is 0.257 e. The number of pyridine rings is 1. The molecule has 0 aliphatic carbocycles. The number of aromatic nitrogens is 1. The SMILES string of the molecule is CN(CC(=O)Nc1ccccc1)C(=O)c1cccnc1N1CCCCC1. The maximum Gasteiger partial charge on any atom is 0.257 e. The number of benzene rings is 1. The van der Waals surface area contributed by atoms with Gasteiger partial charge >= 0.3 is 0 Å². The van der Waals surface area contributed by atoms with Crippen molar-refractivity contribution in [2.45, 2.75) is 19.3 Å². The number of hydrogen-bond acceptors (Lipinski definition) is 4. The maximum absolute atomic E-state index is 12.9. The summed E-state index contributed by atoms with van der Waals surface area (Å²) >= 11 is 0. The van der Waals surface area contributed by atoms with E-state index in [9.17, 15) is 9.59 Å². The quantitative estimate of drug-likeness (QED) is 0.899. The summed E-state index contributed by atoms with van der Waals surface area (Å²) in [6.07, 6.45) is 5.15. The number of rotatable bonds is 5. The largest absolute Gasteiger partial charge is 0.356 e. The second-order valence-electron chi connectivity index (χ2n) is 6.50. The van der Waals surface area contributed by atoms with Crippen LogP contribution in [0.15, 0.2) is 48.7 Å². The molecule has 2 aromatic rings. The lowest BCUT2D eigenvalue weighted by Gasteiger charge is -2.29. The number of piperidine rings is 1. The van der Waals surface area contributed by atoms with Gasteiger partial charge in [0.1, 0.15) is 5.82 Å². The van der Waals surface area contributed by atoms with Crippen LogP contribution in [-0.4, -0.2) is 48.4 Å². The Hall–Kier alpha value is -2.89. The molecule has 1 aromatic carbocycles. The summed E-state index contributed by atoms with van der Waals surface area (Å²) in [5, 5.41) is 2.80. The molecule has 0 unspecified atom stereocenters. The summed E-state index contributed by atoms with van der Waals surface area (Å²) in [7, 11) is 1.64. The predicted octanol–water partition coefficient (Wildman–Crippen LogP) is 2.78. The van der Waals surface area contributed by atoms with Crippen molar-refractivity contribution in [2.24, 2.45) is 0 Å². The minimum absolute atomic E-state index is 0.0118. The third-order valence-corrected chi connectivity index (χ3v) is 4.46. The number of anilines is 2. The molecule has 0 radical (unpaired) electrons. The predicted molar refractivity (Wildman–Crippen MR) is 102 cm³/mol. The van der Waals surface area contributed by atoms with E-state index in [-0.39, 0.29) is 18.4 Å². The Kier molecular flexibility index (Phi) is 5.84. The number of nitrogens with one attached hydrogen (secondary N) is 1. The molecule has 26 heavy (non-hydrogen) atoms. The van der Waals surface area contributed by atoms with Crippen LogP contribution in [0.4, 0.5) is 11.5 Å². The lowest BCUT2D eigenvalue weighted by molar-refractivity contribution is -0.116. The Labute approximate surface area is 153 Å². The van der Waals surface area contributed by atoms with Crippen molar-refractivity contribution in [1.29, 1.82) is 0 Å². The molecule has 2 heterocycles. The number of nitrogens with zero attached hydrogens (tertiary/aromatic N) is 3. The van der Waals surface area contributed by atoms with Crippen LogP contribution in [0.1, 0.15) is 29.6 Å². The van der Waals surface area contributed by atoms with Crippen LogP contribution >= 0.6 is 0 Å². The fraction of sp³-hybridized carbons (Fsp3) is 0.350. The number of likely N-dealkylation sites (N-methyl/N-ethyl adjacent to an activating group) is 1. The fourth-order valence-corrected chi connectivity index (χ4v) is 3.14. The lowest BCUT2D eigenvalue weighted by Crippen LogP contribution is -2.37. The molecule has 1 N–H and O–H groups in total. The Morgan fingerprint density at radius 2 is 1.81 bits per heavy atom. The van der Waals surface area contributed by atoms with Crippen molar-refractivity contribution in [1.82, 2.24) is 9.88 Å². The summed E-state index contributed by atoms with van der Waals surface area (Å²) in [4.78, 5) is 33.1. The van der Waals surface area contributed by atoms with Crippen LogP contribution in [-0.2, 0) is 4.79 Å². The molecule has 2 amide bonds. The van der Waals surface area contributed by atoms with Crippen LogP contribution in [0.2, 0.25) is 0 Å². The van der Waals surface area contributed by atoms with Crippen LogP contribution in [0.25, 0.3) is 0 Å². The van der Waals surface area contributed by atoms with Gasteiger partial charge in [0.15, 0.2) is 0 Å². The van der Waals surface area contributed by atoms with Crippen LogP contribution in [0.3, 0.4) is 0 Å². The zero-order valence-corrected chi connectivity index (χ0v) is 15.0. The van der Waals surface area contributed by atoms with Gasteiger partial charge in [0, 0.05) is 32.0 Å². The summed E-state index contributed by atoms with van der Waals surface area (Å²) in [6, 6.07) is 12.8. The molecule has 0 spiro atoms. The first-order valence-electron chi connectivity index (χ1n) is 8.95. The minimum Gasteiger partial charge on any atom is -0.356 e. The topological polar surface area (TPSA) is 65.5 Å². The van der Waals surface area contributed by atoms with E-state index in [0.29, 0.717) is 17.1 Å². The van der Waals surface area contributed by atoms with Crippen molar-refractivity contribution in [2.75, 3.05) is 36.9 Å². The summed E-state index contributed by atoms with van der Waals surface area (Å²) in [5.74, 6) is 0.296. The molecular formula is C20H24N4O2. The molecule has 0 bridgehead atoms. The van der Waals surface area contributed by atoms with Gasteiger partial charge in [-0.15, -0.1) is 0 Å². The first-order valence-corrected chi connectivity index (χ1v) is 8.95. The Morgan fingerprint density at radius 3 is 2.54 bits per heavy atom. The van der Waals surface area contributed by atoms with E-state index < -0.39 is 0 Å². The third kappa shape index (κ3) is 4.39. The molecule has 6 nitrogen and oxygen atoms in total. The maximum atomic E-state index is 12.9. The average Bonchev–Trinajstić information content (AvgIpc) is 2.68. The highest BCUT2D eigenvalue weighted by Crippen LogP contribution is 2.22. The highest BCUT2D eigenvalue weighted by atomic mass is 16.2. The molecule has 1 aliphatic heterocycles. The van der Waals surface area contributed by atoms with Gasteiger partial charge in [-0.1, -0.05) is 18.2 Å². The van der Waals surface area contributed by atoms with Crippen molar-refractivity contribution >= 4 is 23.3 Å². The highest BCUT2D eigenvalue weighted by molar-refractivity contribution is 6.02. The molecule has 1 fully saturated rings. The number of para-hydroxylation sites is 1. The van der Waals surface area contributed by atoms with Crippen LogP contribution < -0.4 is 10.2 Å². The van der Waals surface area contributed by atoms with Crippen molar-refractivity contribution in [3.8, 4) is 0 Å². The van der Waals surface area contributed by atoms with E-state index >= 15 is 0 Å². The molecule has 1 aromatic heterocycles. The molecule has 1 saturated heterocycles. The fourth-order valence-electron chi connectivity index (χ4n) is 3.14. The highest BCUT2D eigenvalue weighted by Gasteiger charge is 2.22. The van der Waals surface area contributed by atoms with Crippen LogP contribution in [0, 0.1) is 0 Å². The Morgan fingerprint density at radius 1 is 1.08 bits per heavy atom. The van der Waals surface area contributed by atoms with Gasteiger partial charge in [-0.05, 0) is 43.5 Å². The first-order chi connectivity index (χ1) is 12.6. The molecule has 0 atom stereocenters. The van der Waals surface area contributed by atoms with Gasteiger partial charge in [-0.25, -0.2) is 4.98 Å². The minimum atomic E-state index is -0.226. The molecule has 136 valence electrons. The van der Waals surface area contributed by atoms with E-state index in [1.165, 1.54) is 11.3 Å². The summed E-state index contributed by atoms with van der Waals surface area (Å²) in [6.45, 7) is 1.81. The Balaban J connectivity index is 1.67. The van der Waals surface area contributed by atoms with Gasteiger partial charge in [0.05, 0.1) is 12.1 Å². The number of amides is 2. The average molecular weight is 352 g/mol. The molecule has 0 saturated carbocycles. The zero-order chi connectivity index (χ0) is 18.4. The van der Waals surface area contributed by atoms with E-state index in [1.807, 2.05) is 30.3 Å². The number of carbonyl (C=O) groups excluding carboxylic acids is 2. The second-order valence-corrected chi connectivity index (χ2v) is 6.50. The summed E-state index contributed by atoms with van der Waals surface area (Å²) < 4.78 is 0.